The van der Waals surface area contributed by atoms with E-state index >= 15 is 0 Å². The summed E-state index contributed by atoms with van der Waals surface area (Å²) in [6.45, 7) is 1.11. The van der Waals surface area contributed by atoms with Gasteiger partial charge in [0.15, 0.2) is 0 Å². The number of hydrogen-bond donors (Lipinski definition) is 1. The van der Waals surface area contributed by atoms with E-state index in [1.54, 1.807) is 0 Å². The van der Waals surface area contributed by atoms with E-state index in [0.29, 0.717) is 5.15 Å². The molecule has 1 N–H and O–H groups in total. The summed E-state index contributed by atoms with van der Waals surface area (Å²) >= 11 is 6.00. The molecule has 2 rings (SSSR count). The summed E-state index contributed by atoms with van der Waals surface area (Å²) in [5.74, 6) is 0. The third-order valence-electron chi connectivity index (χ3n) is 2.64. The van der Waals surface area contributed by atoms with E-state index in [1.165, 1.54) is 5.56 Å². The van der Waals surface area contributed by atoms with Gasteiger partial charge in [-0.25, -0.2) is 0 Å². The van der Waals surface area contributed by atoms with E-state index in [9.17, 15) is 0 Å². The zero-order valence-corrected chi connectivity index (χ0v) is 10.4. The minimum Gasteiger partial charge on any atom is -0.309 e. The molecule has 0 aliphatic heterocycles. The van der Waals surface area contributed by atoms with Gasteiger partial charge in [-0.05, 0) is 51.2 Å². The number of nitrogens with one attached hydrogen (secondary N) is 1. The molecule has 2 aromatic rings. The molecule has 0 spiro atoms. The van der Waals surface area contributed by atoms with Crippen molar-refractivity contribution < 1.29 is 0 Å². The smallest absolute Gasteiger partial charge is 0.132 e. The van der Waals surface area contributed by atoms with Gasteiger partial charge in [-0.3, -0.25) is 5.10 Å². The average Bonchev–Trinajstić information content (AvgIpc) is 2.60. The van der Waals surface area contributed by atoms with Crippen LogP contribution in [0.1, 0.15) is 12.0 Å². The third kappa shape index (κ3) is 2.54. The van der Waals surface area contributed by atoms with Gasteiger partial charge in [0.25, 0.3) is 0 Å². The number of rotatable bonds is 4. The fourth-order valence-corrected chi connectivity index (χ4v) is 1.97. The van der Waals surface area contributed by atoms with Gasteiger partial charge in [0, 0.05) is 5.39 Å². The second-order valence-corrected chi connectivity index (χ2v) is 4.67. The van der Waals surface area contributed by atoms with Crippen LogP contribution in [0.4, 0.5) is 0 Å². The molecule has 1 aromatic carbocycles. The number of fused-ring (bicyclic) bond motifs is 1. The molecule has 0 aliphatic rings. The normalized spacial score (nSPS) is 11.5. The lowest BCUT2D eigenvalue weighted by Gasteiger charge is -2.08. The molecule has 1 aromatic heterocycles. The number of aryl methyl sites for hydroxylation is 1. The van der Waals surface area contributed by atoms with Crippen LogP contribution in [0.5, 0.6) is 0 Å². The van der Waals surface area contributed by atoms with Crippen molar-refractivity contribution in [2.45, 2.75) is 12.8 Å². The van der Waals surface area contributed by atoms with Crippen molar-refractivity contribution in [2.24, 2.45) is 0 Å². The molecule has 1 heterocycles. The number of nitrogens with zero attached hydrogens (tertiary/aromatic N) is 2. The van der Waals surface area contributed by atoms with Gasteiger partial charge in [0.1, 0.15) is 5.15 Å². The summed E-state index contributed by atoms with van der Waals surface area (Å²) in [5.41, 5.74) is 2.25. The zero-order valence-electron chi connectivity index (χ0n) is 9.63. The number of hydrogen-bond acceptors (Lipinski definition) is 2. The van der Waals surface area contributed by atoms with Crippen molar-refractivity contribution in [1.82, 2.24) is 15.1 Å². The Kier molecular flexibility index (Phi) is 3.46. The van der Waals surface area contributed by atoms with Gasteiger partial charge in [-0.15, -0.1) is 0 Å². The van der Waals surface area contributed by atoms with E-state index in [0.717, 1.165) is 30.3 Å². The fourth-order valence-electron chi connectivity index (χ4n) is 1.78. The first-order chi connectivity index (χ1) is 7.66. The second kappa shape index (κ2) is 4.85. The van der Waals surface area contributed by atoms with E-state index in [-0.39, 0.29) is 0 Å². The quantitative estimate of drug-likeness (QED) is 0.887. The summed E-state index contributed by atoms with van der Waals surface area (Å²) in [7, 11) is 4.19. The molecular weight excluding hydrogens is 222 g/mol. The first kappa shape index (κ1) is 11.4. The van der Waals surface area contributed by atoms with Crippen LogP contribution in [0.25, 0.3) is 10.9 Å². The van der Waals surface area contributed by atoms with Crippen molar-refractivity contribution in [3.63, 3.8) is 0 Å². The Balaban J connectivity index is 2.10. The van der Waals surface area contributed by atoms with Gasteiger partial charge in [-0.2, -0.15) is 5.10 Å². The van der Waals surface area contributed by atoms with Crippen LogP contribution in [0, 0.1) is 0 Å². The lowest BCUT2D eigenvalue weighted by Crippen LogP contribution is -2.13. The summed E-state index contributed by atoms with van der Waals surface area (Å²) < 4.78 is 0. The van der Waals surface area contributed by atoms with Crippen molar-refractivity contribution >= 4 is 22.5 Å². The molecule has 0 aliphatic carbocycles. The predicted molar refractivity (Wildman–Crippen MR) is 68.0 cm³/mol. The van der Waals surface area contributed by atoms with Gasteiger partial charge < -0.3 is 4.90 Å². The molecule has 0 fully saturated rings. The Hall–Kier alpha value is -1.06. The van der Waals surface area contributed by atoms with Crippen LogP contribution < -0.4 is 0 Å². The van der Waals surface area contributed by atoms with Gasteiger partial charge in [0.05, 0.1) is 5.52 Å². The maximum absolute atomic E-state index is 6.00. The van der Waals surface area contributed by atoms with Gasteiger partial charge in [-0.1, -0.05) is 17.7 Å². The summed E-state index contributed by atoms with van der Waals surface area (Å²) in [5, 5.41) is 8.53. The Morgan fingerprint density at radius 3 is 2.94 bits per heavy atom. The molecule has 0 atom stereocenters. The highest BCUT2D eigenvalue weighted by atomic mass is 35.5. The molecule has 0 unspecified atom stereocenters. The molecule has 0 amide bonds. The minimum atomic E-state index is 0.629. The molecule has 4 heteroatoms. The highest BCUT2D eigenvalue weighted by Crippen LogP contribution is 2.21. The average molecular weight is 238 g/mol. The molecule has 0 bridgehead atoms. The van der Waals surface area contributed by atoms with Gasteiger partial charge in [0.2, 0.25) is 0 Å². The van der Waals surface area contributed by atoms with E-state index in [4.69, 9.17) is 11.6 Å². The molecule has 16 heavy (non-hydrogen) atoms. The molecular formula is C12H16ClN3. The molecule has 86 valence electrons. The van der Waals surface area contributed by atoms with E-state index in [1.807, 2.05) is 6.07 Å². The van der Waals surface area contributed by atoms with E-state index < -0.39 is 0 Å². The number of halogens is 1. The topological polar surface area (TPSA) is 31.9 Å². The Bertz CT molecular complexity index is 476. The first-order valence-electron chi connectivity index (χ1n) is 5.44. The second-order valence-electron chi connectivity index (χ2n) is 4.30. The highest BCUT2D eigenvalue weighted by molar-refractivity contribution is 6.34. The number of aromatic amines is 1. The van der Waals surface area contributed by atoms with Crippen molar-refractivity contribution in [3.8, 4) is 0 Å². The maximum Gasteiger partial charge on any atom is 0.132 e. The van der Waals surface area contributed by atoms with Crippen LogP contribution in [0.15, 0.2) is 18.2 Å². The van der Waals surface area contributed by atoms with E-state index in [2.05, 4.69) is 41.3 Å². The molecule has 3 nitrogen and oxygen atoms in total. The molecule has 0 saturated carbocycles. The van der Waals surface area contributed by atoms with Crippen LogP contribution in [0.3, 0.4) is 0 Å². The summed E-state index contributed by atoms with van der Waals surface area (Å²) in [4.78, 5) is 2.20. The van der Waals surface area contributed by atoms with Crippen LogP contribution >= 0.6 is 11.6 Å². The standard InChI is InChI=1S/C12H16ClN3/c1-16(2)7-3-4-9-5-6-11-10(8-9)12(13)15-14-11/h5-6,8H,3-4,7H2,1-2H3,(H,14,15). The van der Waals surface area contributed by atoms with Crippen molar-refractivity contribution in [3.05, 3.63) is 28.9 Å². The van der Waals surface area contributed by atoms with Crippen LogP contribution in [-0.2, 0) is 6.42 Å². The Morgan fingerprint density at radius 1 is 1.38 bits per heavy atom. The highest BCUT2D eigenvalue weighted by Gasteiger charge is 2.03. The number of aromatic nitrogens is 2. The first-order valence-corrected chi connectivity index (χ1v) is 5.82. The number of H-pyrrole nitrogens is 1. The minimum absolute atomic E-state index is 0.629. The summed E-state index contributed by atoms with van der Waals surface area (Å²) in [6, 6.07) is 6.26. The zero-order chi connectivity index (χ0) is 11.5. The maximum atomic E-state index is 6.00. The lowest BCUT2D eigenvalue weighted by molar-refractivity contribution is 0.400. The molecule has 0 radical (unpaired) electrons. The predicted octanol–water partition coefficient (Wildman–Crippen LogP) is 2.71. The van der Waals surface area contributed by atoms with Crippen LogP contribution in [-0.4, -0.2) is 35.7 Å². The summed E-state index contributed by atoms with van der Waals surface area (Å²) in [6.07, 6.45) is 2.24. The largest absolute Gasteiger partial charge is 0.309 e. The number of benzene rings is 1. The Morgan fingerprint density at radius 2 is 2.19 bits per heavy atom. The SMILES string of the molecule is CN(C)CCCc1ccc2n[nH]c(Cl)c2c1. The lowest BCUT2D eigenvalue weighted by atomic mass is 10.1. The third-order valence-corrected chi connectivity index (χ3v) is 2.93. The van der Waals surface area contributed by atoms with Crippen molar-refractivity contribution in [2.75, 3.05) is 20.6 Å². The molecule has 0 saturated heterocycles. The van der Waals surface area contributed by atoms with Gasteiger partial charge >= 0.3 is 0 Å². The fraction of sp³-hybridized carbons (Fsp3) is 0.417. The van der Waals surface area contributed by atoms with Crippen molar-refractivity contribution in [1.29, 1.82) is 0 Å². The van der Waals surface area contributed by atoms with Crippen LogP contribution in [0.2, 0.25) is 5.15 Å². The monoisotopic (exact) mass is 237 g/mol. The Labute approximate surface area is 100 Å².